The van der Waals surface area contributed by atoms with Crippen molar-refractivity contribution in [1.29, 1.82) is 5.26 Å². The molecule has 4 nitrogen and oxygen atoms in total. The molecule has 0 aliphatic rings. The van der Waals surface area contributed by atoms with Crippen molar-refractivity contribution in [1.82, 2.24) is 4.98 Å². The SMILES string of the molecule is N#Cc1cc(CO)c(C(F)F)[nH]c1=O. The number of aromatic amines is 1. The molecule has 1 rings (SSSR count). The highest BCUT2D eigenvalue weighted by atomic mass is 19.3. The first-order valence-electron chi connectivity index (χ1n) is 3.65. The van der Waals surface area contributed by atoms with Gasteiger partial charge in [0.1, 0.15) is 11.6 Å². The number of alkyl halides is 2. The molecular weight excluding hydrogens is 194 g/mol. The van der Waals surface area contributed by atoms with Crippen molar-refractivity contribution >= 4 is 0 Å². The van der Waals surface area contributed by atoms with Crippen LogP contribution >= 0.6 is 0 Å². The van der Waals surface area contributed by atoms with Gasteiger partial charge in [-0.25, -0.2) is 8.78 Å². The molecule has 0 saturated carbocycles. The Hall–Kier alpha value is -1.74. The quantitative estimate of drug-likeness (QED) is 0.736. The van der Waals surface area contributed by atoms with Gasteiger partial charge in [0, 0.05) is 5.56 Å². The summed E-state index contributed by atoms with van der Waals surface area (Å²) in [6.07, 6.45) is -2.88. The minimum absolute atomic E-state index is 0.142. The maximum Gasteiger partial charge on any atom is 0.278 e. The number of pyridine rings is 1. The fraction of sp³-hybridized carbons (Fsp3) is 0.250. The predicted octanol–water partition coefficient (Wildman–Crippen LogP) is 0.676. The van der Waals surface area contributed by atoms with Crippen LogP contribution in [0.2, 0.25) is 0 Å². The maximum absolute atomic E-state index is 12.3. The zero-order valence-electron chi connectivity index (χ0n) is 6.92. The van der Waals surface area contributed by atoms with E-state index >= 15 is 0 Å². The molecule has 1 aromatic rings. The second-order valence-electron chi connectivity index (χ2n) is 2.52. The Morgan fingerprint density at radius 2 is 2.29 bits per heavy atom. The third-order valence-corrected chi connectivity index (χ3v) is 1.67. The summed E-state index contributed by atoms with van der Waals surface area (Å²) in [4.78, 5) is 12.8. The number of aromatic nitrogens is 1. The second kappa shape index (κ2) is 3.98. The number of nitriles is 1. The zero-order valence-corrected chi connectivity index (χ0v) is 6.92. The number of hydrogen-bond acceptors (Lipinski definition) is 3. The Balaban J connectivity index is 3.41. The molecule has 0 bridgehead atoms. The second-order valence-corrected chi connectivity index (χ2v) is 2.52. The Morgan fingerprint density at radius 1 is 1.64 bits per heavy atom. The molecule has 1 aromatic heterocycles. The normalized spacial score (nSPS) is 10.2. The van der Waals surface area contributed by atoms with E-state index in [9.17, 15) is 13.6 Å². The van der Waals surface area contributed by atoms with Crippen molar-refractivity contribution in [2.24, 2.45) is 0 Å². The lowest BCUT2D eigenvalue weighted by atomic mass is 10.1. The van der Waals surface area contributed by atoms with Crippen LogP contribution in [0.15, 0.2) is 10.9 Å². The molecule has 14 heavy (non-hydrogen) atoms. The number of hydrogen-bond donors (Lipinski definition) is 2. The first-order chi connectivity index (χ1) is 6.60. The molecule has 74 valence electrons. The molecule has 0 fully saturated rings. The number of aliphatic hydroxyl groups is 1. The van der Waals surface area contributed by atoms with E-state index < -0.39 is 24.3 Å². The van der Waals surface area contributed by atoms with Gasteiger partial charge in [-0.1, -0.05) is 0 Å². The van der Waals surface area contributed by atoms with E-state index in [2.05, 4.69) is 0 Å². The zero-order chi connectivity index (χ0) is 10.7. The van der Waals surface area contributed by atoms with Gasteiger partial charge in [-0.15, -0.1) is 0 Å². The fourth-order valence-electron chi connectivity index (χ4n) is 0.996. The lowest BCUT2D eigenvalue weighted by Crippen LogP contribution is -2.15. The van der Waals surface area contributed by atoms with Crippen LogP contribution in [0.5, 0.6) is 0 Å². The molecule has 0 saturated heterocycles. The lowest BCUT2D eigenvalue weighted by Gasteiger charge is -2.05. The summed E-state index contributed by atoms with van der Waals surface area (Å²) in [6.45, 7) is -0.648. The molecule has 0 unspecified atom stereocenters. The number of nitrogens with one attached hydrogen (secondary N) is 1. The van der Waals surface area contributed by atoms with E-state index in [4.69, 9.17) is 10.4 Å². The minimum atomic E-state index is -2.88. The van der Waals surface area contributed by atoms with Crippen LogP contribution in [-0.2, 0) is 6.61 Å². The highest BCUT2D eigenvalue weighted by molar-refractivity contribution is 5.33. The van der Waals surface area contributed by atoms with E-state index in [0.29, 0.717) is 0 Å². The van der Waals surface area contributed by atoms with Gasteiger partial charge in [0.2, 0.25) is 0 Å². The van der Waals surface area contributed by atoms with Gasteiger partial charge in [-0.3, -0.25) is 4.79 Å². The molecule has 0 aliphatic carbocycles. The Labute approximate surface area is 77.4 Å². The first-order valence-corrected chi connectivity index (χ1v) is 3.65. The molecule has 0 radical (unpaired) electrons. The van der Waals surface area contributed by atoms with Gasteiger partial charge >= 0.3 is 0 Å². The number of aliphatic hydroxyl groups excluding tert-OH is 1. The Morgan fingerprint density at radius 3 is 2.71 bits per heavy atom. The van der Waals surface area contributed by atoms with Crippen LogP contribution in [0.4, 0.5) is 8.78 Å². The molecule has 0 atom stereocenters. The van der Waals surface area contributed by atoms with Crippen LogP contribution < -0.4 is 5.56 Å². The predicted molar refractivity (Wildman–Crippen MR) is 42.7 cm³/mol. The van der Waals surface area contributed by atoms with Crippen molar-refractivity contribution in [3.8, 4) is 6.07 Å². The molecule has 1 heterocycles. The van der Waals surface area contributed by atoms with Gasteiger partial charge in [0.05, 0.1) is 12.3 Å². The van der Waals surface area contributed by atoms with Crippen LogP contribution in [0.3, 0.4) is 0 Å². The molecule has 0 amide bonds. The molecule has 0 aromatic carbocycles. The molecule has 2 N–H and O–H groups in total. The van der Waals surface area contributed by atoms with Gasteiger partial charge in [0.25, 0.3) is 12.0 Å². The van der Waals surface area contributed by atoms with E-state index in [0.717, 1.165) is 6.07 Å². The summed E-state index contributed by atoms with van der Waals surface area (Å²) in [5, 5.41) is 17.1. The average Bonchev–Trinajstić information content (AvgIpc) is 2.17. The van der Waals surface area contributed by atoms with Crippen molar-refractivity contribution in [2.45, 2.75) is 13.0 Å². The minimum Gasteiger partial charge on any atom is -0.392 e. The average molecular weight is 200 g/mol. The smallest absolute Gasteiger partial charge is 0.278 e. The number of nitrogens with zero attached hydrogens (tertiary/aromatic N) is 1. The number of rotatable bonds is 2. The lowest BCUT2D eigenvalue weighted by molar-refractivity contribution is 0.141. The van der Waals surface area contributed by atoms with E-state index in [-0.39, 0.29) is 11.1 Å². The maximum atomic E-state index is 12.3. The van der Waals surface area contributed by atoms with Gasteiger partial charge in [-0.2, -0.15) is 5.26 Å². The van der Waals surface area contributed by atoms with E-state index in [1.807, 2.05) is 4.98 Å². The highest BCUT2D eigenvalue weighted by Gasteiger charge is 2.15. The van der Waals surface area contributed by atoms with Crippen LogP contribution in [0.1, 0.15) is 23.2 Å². The number of H-pyrrole nitrogens is 1. The summed E-state index contributed by atoms with van der Waals surface area (Å²) in [6, 6.07) is 2.50. The molecule has 6 heteroatoms. The van der Waals surface area contributed by atoms with Gasteiger partial charge < -0.3 is 10.1 Å². The van der Waals surface area contributed by atoms with Crippen LogP contribution in [-0.4, -0.2) is 10.1 Å². The van der Waals surface area contributed by atoms with Crippen LogP contribution in [0, 0.1) is 11.3 Å². The molecule has 0 spiro atoms. The molecular formula is C8H6F2N2O2. The summed E-state index contributed by atoms with van der Waals surface area (Å²) >= 11 is 0. The van der Waals surface area contributed by atoms with Gasteiger partial charge in [0.15, 0.2) is 0 Å². The summed E-state index contributed by atoms with van der Waals surface area (Å²) in [5.41, 5.74) is -1.95. The number of halogens is 2. The summed E-state index contributed by atoms with van der Waals surface area (Å²) in [5.74, 6) is 0. The van der Waals surface area contributed by atoms with Crippen molar-refractivity contribution in [3.05, 3.63) is 33.2 Å². The summed E-state index contributed by atoms with van der Waals surface area (Å²) < 4.78 is 24.5. The van der Waals surface area contributed by atoms with Crippen molar-refractivity contribution in [3.63, 3.8) is 0 Å². The van der Waals surface area contributed by atoms with Crippen molar-refractivity contribution < 1.29 is 13.9 Å². The van der Waals surface area contributed by atoms with E-state index in [1.54, 1.807) is 0 Å². The Kier molecular flexibility index (Phi) is 2.94. The fourth-order valence-corrected chi connectivity index (χ4v) is 0.996. The third kappa shape index (κ3) is 1.78. The van der Waals surface area contributed by atoms with E-state index in [1.165, 1.54) is 6.07 Å². The molecule has 0 aliphatic heterocycles. The standard InChI is InChI=1S/C8H6F2N2O2/c9-7(10)6-5(3-13)1-4(2-11)8(14)12-6/h1,7,13H,3H2,(H,12,14). The Bertz CT molecular complexity index is 434. The van der Waals surface area contributed by atoms with Crippen LogP contribution in [0.25, 0.3) is 0 Å². The largest absolute Gasteiger partial charge is 0.392 e. The third-order valence-electron chi connectivity index (χ3n) is 1.67. The highest BCUT2D eigenvalue weighted by Crippen LogP contribution is 2.19. The summed E-state index contributed by atoms with van der Waals surface area (Å²) in [7, 11) is 0. The monoisotopic (exact) mass is 200 g/mol. The van der Waals surface area contributed by atoms with Gasteiger partial charge in [-0.05, 0) is 6.07 Å². The topological polar surface area (TPSA) is 76.9 Å². The van der Waals surface area contributed by atoms with Crippen molar-refractivity contribution in [2.75, 3.05) is 0 Å². The first kappa shape index (κ1) is 10.3.